The quantitative estimate of drug-likeness (QED) is 0.627. The Hall–Kier alpha value is -3.00. The fourth-order valence-electron chi connectivity index (χ4n) is 2.97. The maximum absolute atomic E-state index is 6.29. The number of nitrogens with two attached hydrogens (primary N) is 1. The molecule has 2 nitrogen and oxygen atoms in total. The summed E-state index contributed by atoms with van der Waals surface area (Å²) in [6.07, 6.45) is 20.4. The maximum atomic E-state index is 6.29. The lowest BCUT2D eigenvalue weighted by Gasteiger charge is -2.29. The first-order valence-corrected chi connectivity index (χ1v) is 9.46. The lowest BCUT2D eigenvalue weighted by atomic mass is 10.0. The van der Waals surface area contributed by atoms with Crippen LogP contribution in [0.25, 0.3) is 5.70 Å². The molecule has 1 aromatic carbocycles. The number of rotatable bonds is 7. The van der Waals surface area contributed by atoms with Crippen molar-refractivity contribution in [2.45, 2.75) is 25.8 Å². The number of nitrogens with zero attached hydrogens (tertiary/aromatic N) is 1. The van der Waals surface area contributed by atoms with Crippen LogP contribution in [-0.2, 0) is 0 Å². The second-order valence-corrected chi connectivity index (χ2v) is 6.51. The van der Waals surface area contributed by atoms with Gasteiger partial charge in [-0.05, 0) is 29.6 Å². The molecule has 0 bridgehead atoms. The molecule has 1 aliphatic heterocycles. The van der Waals surface area contributed by atoms with E-state index in [4.69, 9.17) is 5.73 Å². The van der Waals surface area contributed by atoms with Gasteiger partial charge in [0.15, 0.2) is 0 Å². The third-order valence-electron chi connectivity index (χ3n) is 4.61. The molecule has 1 atom stereocenters. The predicted molar refractivity (Wildman–Crippen MR) is 119 cm³/mol. The molecule has 140 valence electrons. The van der Waals surface area contributed by atoms with Crippen LogP contribution < -0.4 is 5.73 Å². The van der Waals surface area contributed by atoms with Gasteiger partial charge in [0.25, 0.3) is 0 Å². The molecule has 0 radical (unpaired) electrons. The van der Waals surface area contributed by atoms with Crippen molar-refractivity contribution in [3.63, 3.8) is 0 Å². The molecule has 0 spiro atoms. The van der Waals surface area contributed by atoms with Crippen LogP contribution in [0.4, 0.5) is 0 Å². The zero-order valence-corrected chi connectivity index (χ0v) is 16.2. The van der Waals surface area contributed by atoms with E-state index in [1.165, 1.54) is 0 Å². The van der Waals surface area contributed by atoms with E-state index in [9.17, 15) is 0 Å². The zero-order valence-electron chi connectivity index (χ0n) is 16.2. The number of hydrogen-bond acceptors (Lipinski definition) is 2. The van der Waals surface area contributed by atoms with Crippen molar-refractivity contribution < 1.29 is 0 Å². The second-order valence-electron chi connectivity index (χ2n) is 6.51. The van der Waals surface area contributed by atoms with Gasteiger partial charge in [0.05, 0.1) is 0 Å². The Bertz CT molecular complexity index is 776. The average molecular weight is 359 g/mol. The normalized spacial score (nSPS) is 20.9. The molecule has 0 amide bonds. The highest BCUT2D eigenvalue weighted by Crippen LogP contribution is 2.20. The van der Waals surface area contributed by atoms with E-state index in [1.807, 2.05) is 48.6 Å². The number of hydrogen-bond donors (Lipinski definition) is 1. The van der Waals surface area contributed by atoms with Crippen LogP contribution in [0, 0.1) is 0 Å². The van der Waals surface area contributed by atoms with E-state index in [0.29, 0.717) is 6.04 Å². The highest BCUT2D eigenvalue weighted by atomic mass is 15.1. The Kier molecular flexibility index (Phi) is 8.18. The second kappa shape index (κ2) is 10.9. The van der Waals surface area contributed by atoms with Gasteiger partial charge in [-0.15, -0.1) is 0 Å². The molecule has 0 saturated carbocycles. The summed E-state index contributed by atoms with van der Waals surface area (Å²) < 4.78 is 0. The van der Waals surface area contributed by atoms with Crippen molar-refractivity contribution in [2.24, 2.45) is 5.73 Å². The van der Waals surface area contributed by atoms with Crippen molar-refractivity contribution in [2.75, 3.05) is 6.54 Å². The molecule has 27 heavy (non-hydrogen) atoms. The molecule has 1 aromatic rings. The van der Waals surface area contributed by atoms with E-state index >= 15 is 0 Å². The standard InChI is InChI=1S/C25H30N2/c1-4-6-14-23-20-27(19-12-8-9-13-21(23)3)24(5-2)17-18-25(26)22-15-10-7-11-16-22/h4,6-16,18,20,24H,1,3,5,17,19,26H2,2H3/b12-8-,13-9-,14-6-,23-20-,25-18-. The van der Waals surface area contributed by atoms with Crippen molar-refractivity contribution in [1.29, 1.82) is 0 Å². The Balaban J connectivity index is 2.24. The van der Waals surface area contributed by atoms with E-state index in [2.05, 4.69) is 55.5 Å². The van der Waals surface area contributed by atoms with Gasteiger partial charge in [-0.2, -0.15) is 0 Å². The lowest BCUT2D eigenvalue weighted by molar-refractivity contribution is 0.294. The summed E-state index contributed by atoms with van der Waals surface area (Å²) in [6.45, 7) is 11.0. The number of allylic oxidation sites excluding steroid dienone is 8. The highest BCUT2D eigenvalue weighted by Gasteiger charge is 2.13. The largest absolute Gasteiger partial charge is 0.399 e. The Morgan fingerprint density at radius 1 is 1.26 bits per heavy atom. The summed E-state index contributed by atoms with van der Waals surface area (Å²) in [4.78, 5) is 2.37. The predicted octanol–water partition coefficient (Wildman–Crippen LogP) is 5.77. The van der Waals surface area contributed by atoms with Gasteiger partial charge in [-0.1, -0.05) is 99.0 Å². The average Bonchev–Trinajstić information content (AvgIpc) is 2.78. The van der Waals surface area contributed by atoms with Gasteiger partial charge in [0.1, 0.15) is 0 Å². The molecule has 0 fully saturated rings. The van der Waals surface area contributed by atoms with Crippen LogP contribution >= 0.6 is 0 Å². The van der Waals surface area contributed by atoms with Crippen LogP contribution in [0.1, 0.15) is 25.3 Å². The minimum atomic E-state index is 0.356. The first-order chi connectivity index (χ1) is 13.2. The smallest absolute Gasteiger partial charge is 0.0360 e. The fourth-order valence-corrected chi connectivity index (χ4v) is 2.97. The Morgan fingerprint density at radius 3 is 2.74 bits per heavy atom. The molecular weight excluding hydrogens is 328 g/mol. The molecule has 0 aliphatic carbocycles. The lowest BCUT2D eigenvalue weighted by Crippen LogP contribution is -2.30. The molecular formula is C25H30N2. The highest BCUT2D eigenvalue weighted by molar-refractivity contribution is 5.62. The van der Waals surface area contributed by atoms with Crippen LogP contribution in [0.15, 0.2) is 109 Å². The van der Waals surface area contributed by atoms with Crippen molar-refractivity contribution in [3.05, 3.63) is 115 Å². The SMILES string of the molecule is C=C/C=C\C1=C\N(C(CC)C/C=C(\N)c2ccccc2)C/C=C\C=C/C1=C. The van der Waals surface area contributed by atoms with E-state index in [1.54, 1.807) is 6.08 Å². The Labute approximate surface area is 164 Å². The maximum Gasteiger partial charge on any atom is 0.0360 e. The summed E-state index contributed by atoms with van der Waals surface area (Å²) in [7, 11) is 0. The molecule has 2 heteroatoms. The van der Waals surface area contributed by atoms with Crippen molar-refractivity contribution >= 4 is 5.70 Å². The summed E-state index contributed by atoms with van der Waals surface area (Å²) >= 11 is 0. The minimum Gasteiger partial charge on any atom is -0.399 e. The monoisotopic (exact) mass is 358 g/mol. The molecule has 1 unspecified atom stereocenters. The summed E-state index contributed by atoms with van der Waals surface area (Å²) in [5.74, 6) is 0. The summed E-state index contributed by atoms with van der Waals surface area (Å²) in [5, 5.41) is 0. The first-order valence-electron chi connectivity index (χ1n) is 9.46. The van der Waals surface area contributed by atoms with E-state index in [0.717, 1.165) is 41.8 Å². The van der Waals surface area contributed by atoms with Gasteiger partial charge in [-0.3, -0.25) is 0 Å². The van der Waals surface area contributed by atoms with Gasteiger partial charge in [-0.25, -0.2) is 0 Å². The van der Waals surface area contributed by atoms with Crippen LogP contribution in [-0.4, -0.2) is 17.5 Å². The van der Waals surface area contributed by atoms with Crippen molar-refractivity contribution in [3.8, 4) is 0 Å². The summed E-state index contributed by atoms with van der Waals surface area (Å²) in [5.41, 5.74) is 10.3. The van der Waals surface area contributed by atoms with Gasteiger partial charge < -0.3 is 10.6 Å². The third-order valence-corrected chi connectivity index (χ3v) is 4.61. The van der Waals surface area contributed by atoms with Crippen molar-refractivity contribution in [1.82, 2.24) is 4.90 Å². The van der Waals surface area contributed by atoms with Crippen LogP contribution in [0.3, 0.4) is 0 Å². The van der Waals surface area contributed by atoms with Gasteiger partial charge in [0, 0.05) is 24.5 Å². The number of benzene rings is 1. The third kappa shape index (κ3) is 6.34. The molecule has 0 saturated heterocycles. The Morgan fingerprint density at radius 2 is 2.04 bits per heavy atom. The first kappa shape index (κ1) is 20.3. The van der Waals surface area contributed by atoms with Crippen LogP contribution in [0.2, 0.25) is 0 Å². The molecule has 1 aliphatic rings. The fraction of sp³-hybridized carbons (Fsp3) is 0.200. The van der Waals surface area contributed by atoms with E-state index in [-0.39, 0.29) is 0 Å². The summed E-state index contributed by atoms with van der Waals surface area (Å²) in [6, 6.07) is 10.5. The molecule has 1 heterocycles. The molecule has 2 N–H and O–H groups in total. The van der Waals surface area contributed by atoms with Crippen LogP contribution in [0.5, 0.6) is 0 Å². The topological polar surface area (TPSA) is 29.3 Å². The minimum absolute atomic E-state index is 0.356. The molecule has 2 rings (SSSR count). The van der Waals surface area contributed by atoms with E-state index < -0.39 is 0 Å². The van der Waals surface area contributed by atoms with Gasteiger partial charge >= 0.3 is 0 Å². The zero-order chi connectivity index (χ0) is 19.5. The molecule has 0 aromatic heterocycles. The van der Waals surface area contributed by atoms with Gasteiger partial charge in [0.2, 0.25) is 0 Å².